The van der Waals surface area contributed by atoms with Gasteiger partial charge in [0.2, 0.25) is 5.60 Å². The predicted octanol–water partition coefficient (Wildman–Crippen LogP) is 4.21. The smallest absolute Gasteiger partial charge is 0.234 e. The molecule has 1 aromatic rings. The zero-order chi connectivity index (χ0) is 22.1. The average Bonchev–Trinajstić information content (AvgIpc) is 2.94. The maximum absolute atomic E-state index is 13.5. The molecule has 0 N–H and O–H groups in total. The SMILES string of the molecule is CN(C)c1ccc(C2C3=C(CC(C)(C)CC3=O)OC23C(=O)CC(C)(C)CC3=O)cc1. The summed E-state index contributed by atoms with van der Waals surface area (Å²) < 4.78 is 6.31. The van der Waals surface area contributed by atoms with Gasteiger partial charge in [0.1, 0.15) is 5.76 Å². The Balaban J connectivity index is 1.88. The van der Waals surface area contributed by atoms with Crippen LogP contribution in [0.3, 0.4) is 0 Å². The summed E-state index contributed by atoms with van der Waals surface area (Å²) in [5.41, 5.74) is 0.0958. The summed E-state index contributed by atoms with van der Waals surface area (Å²) in [6.07, 6.45) is 1.49. The number of nitrogens with zero attached hydrogens (tertiary/aromatic N) is 1. The van der Waals surface area contributed by atoms with E-state index in [4.69, 9.17) is 4.74 Å². The molecule has 5 nitrogen and oxygen atoms in total. The number of carbonyl (C=O) groups is 3. The van der Waals surface area contributed by atoms with Gasteiger partial charge in [-0.1, -0.05) is 39.8 Å². The summed E-state index contributed by atoms with van der Waals surface area (Å²) in [6.45, 7) is 7.93. The van der Waals surface area contributed by atoms with Gasteiger partial charge in [0.15, 0.2) is 17.3 Å². The van der Waals surface area contributed by atoms with E-state index in [9.17, 15) is 14.4 Å². The molecule has 1 spiro atoms. The Morgan fingerprint density at radius 1 is 0.833 bits per heavy atom. The molecular formula is C25H31NO4. The molecule has 0 aromatic heterocycles. The third-order valence-corrected chi connectivity index (χ3v) is 6.71. The van der Waals surface area contributed by atoms with Crippen molar-refractivity contribution in [1.82, 2.24) is 0 Å². The van der Waals surface area contributed by atoms with Crippen molar-refractivity contribution in [3.05, 3.63) is 41.2 Å². The van der Waals surface area contributed by atoms with E-state index in [0.717, 1.165) is 11.3 Å². The first-order chi connectivity index (χ1) is 13.9. The molecule has 2 aliphatic carbocycles. The minimum atomic E-state index is -1.60. The maximum Gasteiger partial charge on any atom is 0.234 e. The van der Waals surface area contributed by atoms with E-state index in [1.807, 2.05) is 71.0 Å². The van der Waals surface area contributed by atoms with Crippen LogP contribution in [0.25, 0.3) is 0 Å². The highest BCUT2D eigenvalue weighted by atomic mass is 16.5. The molecule has 1 aromatic carbocycles. The van der Waals surface area contributed by atoms with Gasteiger partial charge in [0.05, 0.1) is 5.92 Å². The van der Waals surface area contributed by atoms with Crippen molar-refractivity contribution < 1.29 is 19.1 Å². The van der Waals surface area contributed by atoms with Crippen LogP contribution in [0.1, 0.15) is 64.9 Å². The summed E-state index contributed by atoms with van der Waals surface area (Å²) in [4.78, 5) is 42.3. The van der Waals surface area contributed by atoms with Crippen LogP contribution in [0.15, 0.2) is 35.6 Å². The average molecular weight is 410 g/mol. The quantitative estimate of drug-likeness (QED) is 0.685. The highest BCUT2D eigenvalue weighted by Gasteiger charge is 2.65. The molecule has 160 valence electrons. The van der Waals surface area contributed by atoms with Crippen molar-refractivity contribution in [3.8, 4) is 0 Å². The van der Waals surface area contributed by atoms with Gasteiger partial charge in [0, 0.05) is 51.0 Å². The highest BCUT2D eigenvalue weighted by Crippen LogP contribution is 2.57. The molecule has 1 saturated carbocycles. The fourth-order valence-corrected chi connectivity index (χ4v) is 5.30. The molecule has 0 bridgehead atoms. The van der Waals surface area contributed by atoms with Gasteiger partial charge in [0.25, 0.3) is 0 Å². The van der Waals surface area contributed by atoms with Crippen molar-refractivity contribution in [2.24, 2.45) is 10.8 Å². The molecule has 0 saturated heterocycles. The summed E-state index contributed by atoms with van der Waals surface area (Å²) in [6, 6.07) is 7.77. The van der Waals surface area contributed by atoms with Crippen molar-refractivity contribution >= 4 is 23.0 Å². The molecule has 1 heterocycles. The minimum absolute atomic E-state index is 0.00903. The predicted molar refractivity (Wildman–Crippen MR) is 115 cm³/mol. The first-order valence-electron chi connectivity index (χ1n) is 10.7. The Bertz CT molecular complexity index is 945. The summed E-state index contributed by atoms with van der Waals surface area (Å²) in [5, 5.41) is 0. The van der Waals surface area contributed by atoms with Crippen LogP contribution in [0, 0.1) is 10.8 Å². The van der Waals surface area contributed by atoms with Crippen LogP contribution in [0.2, 0.25) is 0 Å². The van der Waals surface area contributed by atoms with E-state index in [-0.39, 0.29) is 35.6 Å². The topological polar surface area (TPSA) is 63.7 Å². The fourth-order valence-electron chi connectivity index (χ4n) is 5.30. The zero-order valence-electron chi connectivity index (χ0n) is 18.8. The lowest BCUT2D eigenvalue weighted by Gasteiger charge is -2.41. The number of rotatable bonds is 2. The second kappa shape index (κ2) is 6.53. The Morgan fingerprint density at radius 2 is 1.37 bits per heavy atom. The number of Topliss-reactive ketones (excluding diaryl/α,β-unsaturated/α-hetero) is 3. The normalized spacial score (nSPS) is 26.6. The molecule has 5 heteroatoms. The van der Waals surface area contributed by atoms with Crippen LogP contribution in [0.4, 0.5) is 5.69 Å². The fraction of sp³-hybridized carbons (Fsp3) is 0.560. The number of carbonyl (C=O) groups excluding carboxylic acids is 3. The number of hydrogen-bond acceptors (Lipinski definition) is 5. The van der Waals surface area contributed by atoms with Crippen LogP contribution < -0.4 is 4.90 Å². The maximum atomic E-state index is 13.5. The third-order valence-electron chi connectivity index (χ3n) is 6.71. The monoisotopic (exact) mass is 409 g/mol. The largest absolute Gasteiger partial charge is 0.474 e. The molecule has 1 aliphatic heterocycles. The van der Waals surface area contributed by atoms with Crippen LogP contribution in [-0.4, -0.2) is 37.0 Å². The van der Waals surface area contributed by atoms with Crippen molar-refractivity contribution in [2.75, 3.05) is 19.0 Å². The van der Waals surface area contributed by atoms with E-state index in [2.05, 4.69) is 0 Å². The van der Waals surface area contributed by atoms with E-state index in [1.54, 1.807) is 0 Å². The Labute approximate surface area is 178 Å². The lowest BCUT2D eigenvalue weighted by molar-refractivity contribution is -0.160. The molecule has 4 rings (SSSR count). The second-order valence-electron chi connectivity index (χ2n) is 10.9. The van der Waals surface area contributed by atoms with Crippen molar-refractivity contribution in [1.29, 1.82) is 0 Å². The molecule has 1 atom stereocenters. The van der Waals surface area contributed by atoms with Gasteiger partial charge in [-0.2, -0.15) is 0 Å². The number of benzene rings is 1. The summed E-state index contributed by atoms with van der Waals surface area (Å²) >= 11 is 0. The van der Waals surface area contributed by atoms with Gasteiger partial charge in [-0.15, -0.1) is 0 Å². The number of hydrogen-bond donors (Lipinski definition) is 0. The van der Waals surface area contributed by atoms with Gasteiger partial charge in [-0.3, -0.25) is 14.4 Å². The minimum Gasteiger partial charge on any atom is -0.474 e. The van der Waals surface area contributed by atoms with Crippen LogP contribution >= 0.6 is 0 Å². The molecule has 1 unspecified atom stereocenters. The number of anilines is 1. The van der Waals surface area contributed by atoms with Gasteiger partial charge in [-0.25, -0.2) is 0 Å². The molecule has 1 fully saturated rings. The van der Waals surface area contributed by atoms with Crippen LogP contribution in [0.5, 0.6) is 0 Å². The first-order valence-corrected chi connectivity index (χ1v) is 10.7. The third kappa shape index (κ3) is 3.10. The first kappa shape index (κ1) is 20.8. The lowest BCUT2D eigenvalue weighted by Crippen LogP contribution is -2.57. The molecule has 0 amide bonds. The number of allylic oxidation sites excluding steroid dienone is 1. The van der Waals surface area contributed by atoms with E-state index in [1.165, 1.54) is 0 Å². The van der Waals surface area contributed by atoms with Gasteiger partial charge in [-0.05, 0) is 28.5 Å². The molecule has 30 heavy (non-hydrogen) atoms. The van der Waals surface area contributed by atoms with Gasteiger partial charge < -0.3 is 9.64 Å². The summed E-state index contributed by atoms with van der Waals surface area (Å²) in [7, 11) is 3.91. The van der Waals surface area contributed by atoms with Gasteiger partial charge >= 0.3 is 0 Å². The molecule has 3 aliphatic rings. The Kier molecular flexibility index (Phi) is 4.53. The zero-order valence-corrected chi connectivity index (χ0v) is 18.8. The van der Waals surface area contributed by atoms with E-state index in [0.29, 0.717) is 24.2 Å². The highest BCUT2D eigenvalue weighted by molar-refractivity contribution is 6.17. The Morgan fingerprint density at radius 3 is 1.90 bits per heavy atom. The second-order valence-corrected chi connectivity index (χ2v) is 10.9. The van der Waals surface area contributed by atoms with Crippen LogP contribution in [-0.2, 0) is 19.1 Å². The van der Waals surface area contributed by atoms with E-state index >= 15 is 0 Å². The molecular weight excluding hydrogens is 378 g/mol. The summed E-state index contributed by atoms with van der Waals surface area (Å²) in [5.74, 6) is -0.538. The Hall–Kier alpha value is -2.43. The lowest BCUT2D eigenvalue weighted by atomic mass is 9.61. The van der Waals surface area contributed by atoms with Crippen molar-refractivity contribution in [2.45, 2.75) is 64.9 Å². The molecule has 0 radical (unpaired) electrons. The van der Waals surface area contributed by atoms with E-state index < -0.39 is 16.9 Å². The number of ketones is 3. The van der Waals surface area contributed by atoms with Crippen molar-refractivity contribution in [3.63, 3.8) is 0 Å². The number of ether oxygens (including phenoxy) is 1. The standard InChI is InChI=1S/C25H31NO4/c1-23(2)11-17(27)21-18(12-23)30-25(19(28)13-24(3,4)14-20(25)29)22(21)15-7-9-16(10-8-15)26(5)6/h7-10,22H,11-14H2,1-6H3.